The number of carbonyl (C=O) groups excluding carboxylic acids is 1. The van der Waals surface area contributed by atoms with Crippen molar-refractivity contribution in [3.05, 3.63) is 35.4 Å². The molecule has 7 nitrogen and oxygen atoms in total. The van der Waals surface area contributed by atoms with Crippen molar-refractivity contribution in [1.29, 1.82) is 0 Å². The number of rotatable bonds is 7. The smallest absolute Gasteiger partial charge is 0.308 e. The van der Waals surface area contributed by atoms with Crippen molar-refractivity contribution < 1.29 is 19.0 Å². The molecule has 1 aromatic heterocycles. The van der Waals surface area contributed by atoms with Crippen molar-refractivity contribution in [3.63, 3.8) is 0 Å². The fourth-order valence-corrected chi connectivity index (χ4v) is 3.08. The minimum Gasteiger partial charge on any atom is -0.490 e. The topological polar surface area (TPSA) is 85.5 Å². The average molecular weight is 383 g/mol. The summed E-state index contributed by atoms with van der Waals surface area (Å²) >= 11 is 0. The standard InChI is InChI=1S/C21H25N3O4/c1-6-26-18-10-16-17(11-19(18)27-7-2)24-21(23-16)22-15-8-12(3)20(13(4)9-15)28-14(5)25/h8-11H,6-7H2,1-5H3,(H2,22,23,24). The summed E-state index contributed by atoms with van der Waals surface area (Å²) in [6, 6.07) is 7.58. The summed E-state index contributed by atoms with van der Waals surface area (Å²) in [5.41, 5.74) is 4.20. The van der Waals surface area contributed by atoms with Crippen LogP contribution in [0.5, 0.6) is 17.2 Å². The van der Waals surface area contributed by atoms with E-state index in [1.54, 1.807) is 0 Å². The first-order chi connectivity index (χ1) is 13.4. The van der Waals surface area contributed by atoms with Crippen molar-refractivity contribution in [2.45, 2.75) is 34.6 Å². The molecule has 0 amide bonds. The number of nitrogens with one attached hydrogen (secondary N) is 2. The van der Waals surface area contributed by atoms with E-state index in [2.05, 4.69) is 15.3 Å². The van der Waals surface area contributed by atoms with Crippen LogP contribution in [0.25, 0.3) is 11.0 Å². The van der Waals surface area contributed by atoms with Gasteiger partial charge in [-0.1, -0.05) is 0 Å². The molecule has 0 saturated heterocycles. The lowest BCUT2D eigenvalue weighted by molar-refractivity contribution is -0.131. The molecule has 7 heteroatoms. The van der Waals surface area contributed by atoms with Crippen molar-refractivity contribution >= 4 is 28.6 Å². The average Bonchev–Trinajstić information content (AvgIpc) is 3.00. The molecule has 2 aromatic carbocycles. The zero-order chi connectivity index (χ0) is 20.3. The van der Waals surface area contributed by atoms with Gasteiger partial charge < -0.3 is 24.5 Å². The monoisotopic (exact) mass is 383 g/mol. The molecule has 2 N–H and O–H groups in total. The molecule has 0 fully saturated rings. The van der Waals surface area contributed by atoms with Gasteiger partial charge in [0.25, 0.3) is 0 Å². The number of hydrogen-bond acceptors (Lipinski definition) is 6. The Labute approximate surface area is 164 Å². The summed E-state index contributed by atoms with van der Waals surface area (Å²) in [6.07, 6.45) is 0. The second-order valence-corrected chi connectivity index (χ2v) is 6.43. The van der Waals surface area contributed by atoms with Crippen LogP contribution in [0.15, 0.2) is 24.3 Å². The van der Waals surface area contributed by atoms with Crippen LogP contribution < -0.4 is 19.5 Å². The quantitative estimate of drug-likeness (QED) is 0.456. The van der Waals surface area contributed by atoms with Gasteiger partial charge in [0.15, 0.2) is 11.5 Å². The lowest BCUT2D eigenvalue weighted by atomic mass is 10.1. The molecule has 1 heterocycles. The van der Waals surface area contributed by atoms with Gasteiger partial charge in [-0.2, -0.15) is 0 Å². The van der Waals surface area contributed by atoms with E-state index in [0.717, 1.165) is 27.8 Å². The Morgan fingerprint density at radius 3 is 2.21 bits per heavy atom. The van der Waals surface area contributed by atoms with Crippen molar-refractivity contribution in [2.75, 3.05) is 18.5 Å². The van der Waals surface area contributed by atoms with Gasteiger partial charge in [0.1, 0.15) is 5.75 Å². The summed E-state index contributed by atoms with van der Waals surface area (Å²) in [4.78, 5) is 19.1. The van der Waals surface area contributed by atoms with Gasteiger partial charge >= 0.3 is 5.97 Å². The third kappa shape index (κ3) is 4.19. The molecule has 0 atom stereocenters. The van der Waals surface area contributed by atoms with Gasteiger partial charge in [0.2, 0.25) is 5.95 Å². The molecule has 3 rings (SSSR count). The maximum Gasteiger partial charge on any atom is 0.308 e. The van der Waals surface area contributed by atoms with Crippen LogP contribution in [-0.2, 0) is 4.79 Å². The van der Waals surface area contributed by atoms with Gasteiger partial charge in [0, 0.05) is 24.7 Å². The van der Waals surface area contributed by atoms with Crippen LogP contribution in [0.3, 0.4) is 0 Å². The van der Waals surface area contributed by atoms with Crippen molar-refractivity contribution in [1.82, 2.24) is 9.97 Å². The zero-order valence-electron chi connectivity index (χ0n) is 16.8. The molecule has 0 radical (unpaired) electrons. The van der Waals surface area contributed by atoms with Gasteiger partial charge in [-0.15, -0.1) is 0 Å². The molecule has 0 saturated carbocycles. The third-order valence-electron chi connectivity index (χ3n) is 4.12. The van der Waals surface area contributed by atoms with Crippen LogP contribution in [0, 0.1) is 13.8 Å². The number of benzene rings is 2. The van der Waals surface area contributed by atoms with Crippen LogP contribution >= 0.6 is 0 Å². The van der Waals surface area contributed by atoms with Crippen LogP contribution in [0.4, 0.5) is 11.6 Å². The third-order valence-corrected chi connectivity index (χ3v) is 4.12. The first kappa shape index (κ1) is 19.5. The first-order valence-corrected chi connectivity index (χ1v) is 9.27. The highest BCUT2D eigenvalue weighted by molar-refractivity contribution is 5.82. The Kier molecular flexibility index (Phi) is 5.73. The number of esters is 1. The molecular weight excluding hydrogens is 358 g/mol. The number of fused-ring (bicyclic) bond motifs is 1. The van der Waals surface area contributed by atoms with E-state index in [1.807, 2.05) is 52.0 Å². The van der Waals surface area contributed by atoms with Crippen LogP contribution in [0.2, 0.25) is 0 Å². The highest BCUT2D eigenvalue weighted by atomic mass is 16.5. The van der Waals surface area contributed by atoms with E-state index >= 15 is 0 Å². The number of hydrogen-bond donors (Lipinski definition) is 2. The summed E-state index contributed by atoms with van der Waals surface area (Å²) in [6.45, 7) is 10.2. The van der Waals surface area contributed by atoms with E-state index in [-0.39, 0.29) is 5.97 Å². The Bertz CT molecular complexity index is 944. The molecule has 0 unspecified atom stereocenters. The summed E-state index contributed by atoms with van der Waals surface area (Å²) in [5, 5.41) is 3.27. The number of H-pyrrole nitrogens is 1. The Morgan fingerprint density at radius 2 is 1.64 bits per heavy atom. The number of aromatic amines is 1. The van der Waals surface area contributed by atoms with E-state index < -0.39 is 0 Å². The summed E-state index contributed by atoms with van der Waals surface area (Å²) < 4.78 is 16.6. The molecule has 28 heavy (non-hydrogen) atoms. The number of aromatic nitrogens is 2. The minimum absolute atomic E-state index is 0.334. The zero-order valence-corrected chi connectivity index (χ0v) is 16.8. The molecule has 0 aliphatic heterocycles. The molecule has 3 aromatic rings. The SMILES string of the molecule is CCOc1cc2nc(Nc3cc(C)c(OC(C)=O)c(C)c3)[nH]c2cc1OCC. The molecule has 148 valence electrons. The fourth-order valence-electron chi connectivity index (χ4n) is 3.08. The Morgan fingerprint density at radius 1 is 1.04 bits per heavy atom. The Hall–Kier alpha value is -3.22. The number of anilines is 2. The van der Waals surface area contributed by atoms with Gasteiger partial charge in [-0.25, -0.2) is 4.98 Å². The molecule has 0 bridgehead atoms. The maximum absolute atomic E-state index is 11.3. The van der Waals surface area contributed by atoms with Crippen molar-refractivity contribution in [3.8, 4) is 17.2 Å². The highest BCUT2D eigenvalue weighted by Crippen LogP contribution is 2.33. The second-order valence-electron chi connectivity index (χ2n) is 6.43. The van der Waals surface area contributed by atoms with E-state index in [0.29, 0.717) is 36.4 Å². The number of carbonyl (C=O) groups is 1. The number of nitrogens with zero attached hydrogens (tertiary/aromatic N) is 1. The van der Waals surface area contributed by atoms with E-state index in [1.165, 1.54) is 6.92 Å². The summed E-state index contributed by atoms with van der Waals surface area (Å²) in [7, 11) is 0. The number of imidazole rings is 1. The molecule has 0 aliphatic carbocycles. The number of aryl methyl sites for hydroxylation is 2. The van der Waals surface area contributed by atoms with E-state index in [9.17, 15) is 4.79 Å². The Balaban J connectivity index is 1.91. The lowest BCUT2D eigenvalue weighted by Crippen LogP contribution is -2.05. The molecular formula is C21H25N3O4. The predicted octanol–water partition coefficient (Wildman–Crippen LogP) is 4.65. The minimum atomic E-state index is -0.334. The summed E-state index contributed by atoms with van der Waals surface area (Å²) in [5.74, 6) is 2.21. The van der Waals surface area contributed by atoms with Crippen LogP contribution in [0.1, 0.15) is 31.9 Å². The first-order valence-electron chi connectivity index (χ1n) is 9.27. The van der Waals surface area contributed by atoms with Gasteiger partial charge in [-0.05, 0) is 51.0 Å². The molecule has 0 aliphatic rings. The molecule has 0 spiro atoms. The number of ether oxygens (including phenoxy) is 3. The normalized spacial score (nSPS) is 10.8. The predicted molar refractivity (Wildman–Crippen MR) is 109 cm³/mol. The second kappa shape index (κ2) is 8.21. The lowest BCUT2D eigenvalue weighted by Gasteiger charge is -2.12. The van der Waals surface area contributed by atoms with Gasteiger partial charge in [-0.3, -0.25) is 4.79 Å². The van der Waals surface area contributed by atoms with Crippen LogP contribution in [-0.4, -0.2) is 29.2 Å². The highest BCUT2D eigenvalue weighted by Gasteiger charge is 2.13. The fraction of sp³-hybridized carbons (Fsp3) is 0.333. The maximum atomic E-state index is 11.3. The van der Waals surface area contributed by atoms with E-state index in [4.69, 9.17) is 14.2 Å². The van der Waals surface area contributed by atoms with Gasteiger partial charge in [0.05, 0.1) is 24.2 Å². The van der Waals surface area contributed by atoms with Crippen molar-refractivity contribution in [2.24, 2.45) is 0 Å². The largest absolute Gasteiger partial charge is 0.490 e.